The Morgan fingerprint density at radius 3 is 1.50 bits per heavy atom. The van der Waals surface area contributed by atoms with Crippen molar-refractivity contribution in [2.24, 2.45) is 16.2 Å². The van der Waals surface area contributed by atoms with E-state index in [9.17, 15) is 0 Å². The lowest BCUT2D eigenvalue weighted by atomic mass is 9.69. The van der Waals surface area contributed by atoms with Crippen LogP contribution in [0.25, 0.3) is 0 Å². The van der Waals surface area contributed by atoms with Crippen molar-refractivity contribution in [2.75, 3.05) is 0 Å². The second kappa shape index (κ2) is 2.08. The minimum absolute atomic E-state index is 0.643. The lowest BCUT2D eigenvalue weighted by Crippen LogP contribution is -2.24. The van der Waals surface area contributed by atoms with Gasteiger partial charge in [-0.2, -0.15) is 0 Å². The maximum atomic E-state index is 2.45. The zero-order valence-electron chi connectivity index (χ0n) is 9.04. The molecule has 0 aromatic rings. The summed E-state index contributed by atoms with van der Waals surface area (Å²) in [4.78, 5) is 0. The van der Waals surface area contributed by atoms with Crippen molar-refractivity contribution in [3.63, 3.8) is 0 Å². The van der Waals surface area contributed by atoms with Crippen LogP contribution < -0.4 is 0 Å². The van der Waals surface area contributed by atoms with Crippen LogP contribution in [0.2, 0.25) is 0 Å². The summed E-state index contributed by atoms with van der Waals surface area (Å²) in [5, 5.41) is 0. The number of hydrogen-bond donors (Lipinski definition) is 0. The van der Waals surface area contributed by atoms with Crippen LogP contribution in [0.5, 0.6) is 0 Å². The summed E-state index contributed by atoms with van der Waals surface area (Å²) < 4.78 is 0. The molecule has 0 N–H and O–H groups in total. The maximum absolute atomic E-state index is 2.45. The molecular formula is C12H22. The molecule has 0 aromatic carbocycles. The van der Waals surface area contributed by atoms with E-state index in [1.165, 1.54) is 32.1 Å². The van der Waals surface area contributed by atoms with Crippen molar-refractivity contribution in [1.29, 1.82) is 0 Å². The van der Waals surface area contributed by atoms with Gasteiger partial charge in [0, 0.05) is 0 Å². The summed E-state index contributed by atoms with van der Waals surface area (Å²) in [6, 6.07) is 0. The predicted molar refractivity (Wildman–Crippen MR) is 53.1 cm³/mol. The van der Waals surface area contributed by atoms with E-state index in [0.29, 0.717) is 10.8 Å². The molecule has 0 aromatic heterocycles. The van der Waals surface area contributed by atoms with Crippen molar-refractivity contribution in [2.45, 2.75) is 59.8 Å². The van der Waals surface area contributed by atoms with Gasteiger partial charge in [0.2, 0.25) is 0 Å². The zero-order chi connectivity index (χ0) is 9.04. The van der Waals surface area contributed by atoms with Crippen LogP contribution in [0.15, 0.2) is 0 Å². The van der Waals surface area contributed by atoms with Crippen molar-refractivity contribution in [3.8, 4) is 0 Å². The average Bonchev–Trinajstić information content (AvgIpc) is 2.45. The Morgan fingerprint density at radius 1 is 0.750 bits per heavy atom. The van der Waals surface area contributed by atoms with Crippen molar-refractivity contribution >= 4 is 0 Å². The van der Waals surface area contributed by atoms with Gasteiger partial charge in [-0.05, 0) is 48.3 Å². The summed E-state index contributed by atoms with van der Waals surface area (Å²) in [7, 11) is 0. The van der Waals surface area contributed by atoms with Crippen molar-refractivity contribution in [1.82, 2.24) is 0 Å². The molecular weight excluding hydrogens is 144 g/mol. The normalized spacial score (nSPS) is 35.0. The van der Waals surface area contributed by atoms with Gasteiger partial charge in [0.1, 0.15) is 0 Å². The van der Waals surface area contributed by atoms with E-state index in [1.807, 2.05) is 0 Å². The Labute approximate surface area is 76.7 Å². The highest BCUT2D eigenvalue weighted by atomic mass is 14.7. The zero-order valence-corrected chi connectivity index (χ0v) is 9.04. The lowest BCUT2D eigenvalue weighted by molar-refractivity contribution is 0.152. The fourth-order valence-corrected chi connectivity index (χ4v) is 3.06. The van der Waals surface area contributed by atoms with Gasteiger partial charge in [-0.15, -0.1) is 0 Å². The van der Waals surface area contributed by atoms with E-state index < -0.39 is 0 Å². The second-order valence-electron chi connectivity index (χ2n) is 6.51. The molecule has 0 aliphatic heterocycles. The van der Waals surface area contributed by atoms with Crippen LogP contribution in [-0.4, -0.2) is 0 Å². The highest BCUT2D eigenvalue weighted by molar-refractivity contribution is 5.11. The minimum atomic E-state index is 0.643. The Hall–Kier alpha value is 0. The topological polar surface area (TPSA) is 0 Å². The average molecular weight is 166 g/mol. The van der Waals surface area contributed by atoms with Gasteiger partial charge in [-0.25, -0.2) is 0 Å². The Morgan fingerprint density at radius 2 is 1.17 bits per heavy atom. The molecule has 0 amide bonds. The van der Waals surface area contributed by atoms with E-state index >= 15 is 0 Å². The van der Waals surface area contributed by atoms with Crippen LogP contribution in [0.4, 0.5) is 0 Å². The molecule has 0 unspecified atom stereocenters. The van der Waals surface area contributed by atoms with Crippen LogP contribution in [0.3, 0.4) is 0 Å². The van der Waals surface area contributed by atoms with Gasteiger partial charge in [0.15, 0.2) is 0 Å². The van der Waals surface area contributed by atoms with Crippen LogP contribution in [0.1, 0.15) is 59.8 Å². The summed E-state index contributed by atoms with van der Waals surface area (Å²) in [6.45, 7) is 9.75. The lowest BCUT2D eigenvalue weighted by Gasteiger charge is -2.36. The monoisotopic (exact) mass is 166 g/mol. The van der Waals surface area contributed by atoms with Gasteiger partial charge < -0.3 is 0 Å². The van der Waals surface area contributed by atoms with Crippen LogP contribution in [0, 0.1) is 16.2 Å². The molecule has 2 aliphatic carbocycles. The molecule has 0 heterocycles. The molecule has 2 fully saturated rings. The first-order chi connectivity index (χ1) is 5.37. The quantitative estimate of drug-likeness (QED) is 0.510. The predicted octanol–water partition coefficient (Wildman–Crippen LogP) is 4.00. The van der Waals surface area contributed by atoms with Crippen molar-refractivity contribution in [3.05, 3.63) is 0 Å². The van der Waals surface area contributed by atoms with E-state index in [2.05, 4.69) is 27.7 Å². The molecule has 0 radical (unpaired) electrons. The third kappa shape index (κ3) is 1.11. The standard InChI is InChI=1S/C12H22/c1-10(2)5-7-12(8-6-10)9-11(12,3)4/h5-9H2,1-4H3. The van der Waals surface area contributed by atoms with Gasteiger partial charge in [-0.1, -0.05) is 27.7 Å². The maximum Gasteiger partial charge on any atom is -0.0240 e. The molecule has 0 heteroatoms. The van der Waals surface area contributed by atoms with E-state index in [-0.39, 0.29) is 0 Å². The smallest absolute Gasteiger partial charge is 0.0240 e. The first kappa shape index (κ1) is 8.59. The molecule has 0 bridgehead atoms. The van der Waals surface area contributed by atoms with Gasteiger partial charge in [-0.3, -0.25) is 0 Å². The SMILES string of the molecule is CC1(C)CCC2(CC1)CC2(C)C. The highest BCUT2D eigenvalue weighted by Crippen LogP contribution is 2.71. The molecule has 2 saturated carbocycles. The summed E-state index contributed by atoms with van der Waals surface area (Å²) in [5.74, 6) is 0. The molecule has 0 atom stereocenters. The van der Waals surface area contributed by atoms with Gasteiger partial charge in [0.05, 0.1) is 0 Å². The molecule has 2 rings (SSSR count). The number of hydrogen-bond acceptors (Lipinski definition) is 0. The Balaban J connectivity index is 2.01. The second-order valence-corrected chi connectivity index (χ2v) is 6.51. The van der Waals surface area contributed by atoms with Gasteiger partial charge in [0.25, 0.3) is 0 Å². The highest BCUT2D eigenvalue weighted by Gasteiger charge is 2.61. The largest absolute Gasteiger partial charge is 0.0599 e. The third-order valence-corrected chi connectivity index (χ3v) is 4.65. The van der Waals surface area contributed by atoms with E-state index in [0.717, 1.165) is 5.41 Å². The van der Waals surface area contributed by atoms with E-state index in [4.69, 9.17) is 0 Å². The molecule has 0 nitrogen and oxygen atoms in total. The third-order valence-electron chi connectivity index (χ3n) is 4.65. The first-order valence-electron chi connectivity index (χ1n) is 5.37. The van der Waals surface area contributed by atoms with Crippen LogP contribution in [-0.2, 0) is 0 Å². The molecule has 70 valence electrons. The minimum Gasteiger partial charge on any atom is -0.0599 e. The van der Waals surface area contributed by atoms with E-state index in [1.54, 1.807) is 0 Å². The first-order valence-corrected chi connectivity index (χ1v) is 5.37. The fourth-order valence-electron chi connectivity index (χ4n) is 3.06. The van der Waals surface area contributed by atoms with Gasteiger partial charge >= 0.3 is 0 Å². The molecule has 2 aliphatic rings. The summed E-state index contributed by atoms with van der Waals surface area (Å²) in [5.41, 5.74) is 2.11. The molecule has 0 saturated heterocycles. The molecule has 12 heavy (non-hydrogen) atoms. The molecule has 1 spiro atoms. The summed E-state index contributed by atoms with van der Waals surface area (Å²) in [6.07, 6.45) is 7.39. The number of rotatable bonds is 0. The Bertz CT molecular complexity index is 188. The van der Waals surface area contributed by atoms with Crippen LogP contribution >= 0.6 is 0 Å². The summed E-state index contributed by atoms with van der Waals surface area (Å²) >= 11 is 0. The Kier molecular flexibility index (Phi) is 1.49. The van der Waals surface area contributed by atoms with Crippen molar-refractivity contribution < 1.29 is 0 Å². The fraction of sp³-hybridized carbons (Fsp3) is 1.00.